The fourth-order valence-electron chi connectivity index (χ4n) is 3.17. The number of hydrogen-bond acceptors (Lipinski definition) is 8. The average molecular weight is 318 g/mol. The van der Waals surface area contributed by atoms with Crippen LogP contribution in [-0.4, -0.2) is 65.1 Å². The van der Waals surface area contributed by atoms with Crippen LogP contribution in [-0.2, 0) is 9.47 Å². The zero-order chi connectivity index (χ0) is 16.4. The lowest BCUT2D eigenvalue weighted by atomic mass is 9.84. The van der Waals surface area contributed by atoms with Crippen molar-refractivity contribution >= 4 is 0 Å². The van der Waals surface area contributed by atoms with E-state index in [4.69, 9.17) is 32.4 Å². The van der Waals surface area contributed by atoms with E-state index in [1.165, 1.54) is 0 Å². The number of aliphatic hydroxyl groups is 2. The van der Waals surface area contributed by atoms with Gasteiger partial charge < -0.3 is 42.6 Å². The molecule has 0 amide bonds. The highest BCUT2D eigenvalue weighted by Gasteiger charge is 2.44. The Hall–Kier alpha value is -0.320. The Kier molecular flexibility index (Phi) is 6.14. The van der Waals surface area contributed by atoms with E-state index < -0.39 is 36.7 Å². The van der Waals surface area contributed by atoms with E-state index in [2.05, 4.69) is 0 Å². The number of nitrogens with two attached hydrogens (primary N) is 4. The predicted octanol–water partition coefficient (Wildman–Crippen LogP) is -2.28. The van der Waals surface area contributed by atoms with Crippen molar-refractivity contribution in [3.05, 3.63) is 0 Å². The second-order valence-electron chi connectivity index (χ2n) is 6.50. The molecule has 2 rings (SSSR count). The Balaban J connectivity index is 2.01. The Morgan fingerprint density at radius 1 is 1.09 bits per heavy atom. The van der Waals surface area contributed by atoms with Crippen LogP contribution in [0.1, 0.15) is 32.6 Å². The number of aliphatic hydroxyl groups excluding tert-OH is 2. The van der Waals surface area contributed by atoms with Crippen LogP contribution in [0.15, 0.2) is 0 Å². The van der Waals surface area contributed by atoms with Crippen LogP contribution in [0.2, 0.25) is 0 Å². The summed E-state index contributed by atoms with van der Waals surface area (Å²) in [5, 5.41) is 20.1. The lowest BCUT2D eigenvalue weighted by molar-refractivity contribution is -0.256. The molecule has 8 nitrogen and oxygen atoms in total. The topological polar surface area (TPSA) is 163 Å². The second kappa shape index (κ2) is 7.50. The Bertz CT molecular complexity index is 362. The van der Waals surface area contributed by atoms with Gasteiger partial charge in [-0.2, -0.15) is 0 Å². The number of hydrogen-bond donors (Lipinski definition) is 6. The van der Waals surface area contributed by atoms with Gasteiger partial charge in [-0.1, -0.05) is 6.92 Å². The molecule has 0 aromatic heterocycles. The van der Waals surface area contributed by atoms with Crippen molar-refractivity contribution in [1.82, 2.24) is 0 Å². The standard InChI is InChI=1S/C14H30N4O4/c1-2-6(15)10-4-3-7(16)14(21-10)22-13-9(18)5-8(17)11(19)12(13)20/h6-14,19-20H,2-5,15-18H2,1H3/t6-,7+,8+,9-,10-,11-,12+,13+,14+/m0/s1. The molecule has 2 fully saturated rings. The molecule has 1 saturated carbocycles. The first kappa shape index (κ1) is 18.0. The normalized spacial score (nSPS) is 48.1. The van der Waals surface area contributed by atoms with Crippen LogP contribution in [0.25, 0.3) is 0 Å². The highest BCUT2D eigenvalue weighted by Crippen LogP contribution is 2.27. The van der Waals surface area contributed by atoms with Crippen LogP contribution in [0, 0.1) is 0 Å². The molecule has 130 valence electrons. The van der Waals surface area contributed by atoms with Gasteiger partial charge in [-0.15, -0.1) is 0 Å². The summed E-state index contributed by atoms with van der Waals surface area (Å²) in [4.78, 5) is 0. The summed E-state index contributed by atoms with van der Waals surface area (Å²) < 4.78 is 11.7. The van der Waals surface area contributed by atoms with E-state index in [1.54, 1.807) is 0 Å². The molecule has 0 aromatic carbocycles. The second-order valence-corrected chi connectivity index (χ2v) is 6.50. The smallest absolute Gasteiger partial charge is 0.173 e. The molecule has 0 unspecified atom stereocenters. The number of ether oxygens (including phenoxy) is 2. The lowest BCUT2D eigenvalue weighted by Crippen LogP contribution is -2.64. The molecule has 1 aliphatic heterocycles. The molecule has 22 heavy (non-hydrogen) atoms. The van der Waals surface area contributed by atoms with Gasteiger partial charge in [0.05, 0.1) is 18.2 Å². The Morgan fingerprint density at radius 2 is 1.77 bits per heavy atom. The van der Waals surface area contributed by atoms with Crippen molar-refractivity contribution in [3.8, 4) is 0 Å². The SMILES string of the molecule is CC[C@H](N)[C@@H]1CC[C@@H](N)[C@@H](O[C@H]2[C@H](O)[C@@H](O)[C@H](N)C[C@@H]2N)O1. The molecule has 8 heteroatoms. The van der Waals surface area contributed by atoms with Gasteiger partial charge in [0.15, 0.2) is 6.29 Å². The highest BCUT2D eigenvalue weighted by atomic mass is 16.7. The highest BCUT2D eigenvalue weighted by molar-refractivity contribution is 4.98. The van der Waals surface area contributed by atoms with Crippen LogP contribution < -0.4 is 22.9 Å². The summed E-state index contributed by atoms with van der Waals surface area (Å²) in [6, 6.07) is -1.44. The summed E-state index contributed by atoms with van der Waals surface area (Å²) >= 11 is 0. The average Bonchev–Trinajstić information content (AvgIpc) is 2.50. The first-order valence-electron chi connectivity index (χ1n) is 8.04. The quantitative estimate of drug-likeness (QED) is 0.337. The molecule has 1 aliphatic carbocycles. The molecule has 1 saturated heterocycles. The third-order valence-electron chi connectivity index (χ3n) is 4.77. The summed E-state index contributed by atoms with van der Waals surface area (Å²) in [5.41, 5.74) is 23.8. The minimum absolute atomic E-state index is 0.0810. The fraction of sp³-hybridized carbons (Fsp3) is 1.00. The van der Waals surface area contributed by atoms with Gasteiger partial charge in [0.1, 0.15) is 12.2 Å². The van der Waals surface area contributed by atoms with Gasteiger partial charge >= 0.3 is 0 Å². The van der Waals surface area contributed by atoms with Gasteiger partial charge in [0, 0.05) is 18.1 Å². The molecule has 0 aromatic rings. The van der Waals surface area contributed by atoms with Crippen LogP contribution in [0.4, 0.5) is 0 Å². The maximum Gasteiger partial charge on any atom is 0.173 e. The van der Waals surface area contributed by atoms with E-state index in [-0.39, 0.29) is 18.2 Å². The maximum atomic E-state index is 10.2. The van der Waals surface area contributed by atoms with Crippen LogP contribution in [0.3, 0.4) is 0 Å². The Morgan fingerprint density at radius 3 is 2.41 bits per heavy atom. The van der Waals surface area contributed by atoms with E-state index in [0.717, 1.165) is 19.3 Å². The molecule has 2 aliphatic rings. The van der Waals surface area contributed by atoms with E-state index >= 15 is 0 Å². The van der Waals surface area contributed by atoms with Crippen molar-refractivity contribution in [2.75, 3.05) is 0 Å². The van der Waals surface area contributed by atoms with Gasteiger partial charge in [-0.3, -0.25) is 0 Å². The molecular formula is C14H30N4O4. The lowest BCUT2D eigenvalue weighted by Gasteiger charge is -2.44. The minimum atomic E-state index is -1.16. The molecule has 0 radical (unpaired) electrons. The Labute approximate surface area is 131 Å². The van der Waals surface area contributed by atoms with Crippen molar-refractivity contribution in [2.45, 2.75) is 87.5 Å². The summed E-state index contributed by atoms with van der Waals surface area (Å²) in [7, 11) is 0. The first-order valence-corrected chi connectivity index (χ1v) is 8.04. The van der Waals surface area contributed by atoms with Crippen LogP contribution in [0.5, 0.6) is 0 Å². The van der Waals surface area contributed by atoms with Crippen molar-refractivity contribution in [2.24, 2.45) is 22.9 Å². The van der Waals surface area contributed by atoms with E-state index in [0.29, 0.717) is 6.42 Å². The van der Waals surface area contributed by atoms with Gasteiger partial charge in [0.2, 0.25) is 0 Å². The first-order chi connectivity index (χ1) is 10.3. The van der Waals surface area contributed by atoms with Gasteiger partial charge in [-0.25, -0.2) is 0 Å². The number of rotatable bonds is 4. The molecule has 10 N–H and O–H groups in total. The maximum absolute atomic E-state index is 10.2. The van der Waals surface area contributed by atoms with Crippen LogP contribution >= 0.6 is 0 Å². The largest absolute Gasteiger partial charge is 0.389 e. The van der Waals surface area contributed by atoms with E-state index in [9.17, 15) is 10.2 Å². The third kappa shape index (κ3) is 3.77. The zero-order valence-electron chi connectivity index (χ0n) is 13.0. The third-order valence-corrected chi connectivity index (χ3v) is 4.77. The molecule has 1 heterocycles. The van der Waals surface area contributed by atoms with Crippen molar-refractivity contribution in [1.29, 1.82) is 0 Å². The van der Waals surface area contributed by atoms with Gasteiger partial charge in [-0.05, 0) is 25.7 Å². The molecule has 0 spiro atoms. The summed E-state index contributed by atoms with van der Waals surface area (Å²) in [6.07, 6.45) is -1.14. The predicted molar refractivity (Wildman–Crippen MR) is 81.6 cm³/mol. The van der Waals surface area contributed by atoms with Gasteiger partial charge in [0.25, 0.3) is 0 Å². The van der Waals surface area contributed by atoms with Crippen molar-refractivity contribution < 1.29 is 19.7 Å². The minimum Gasteiger partial charge on any atom is -0.389 e. The molecular weight excluding hydrogens is 288 g/mol. The molecule has 0 bridgehead atoms. The zero-order valence-corrected chi connectivity index (χ0v) is 13.0. The van der Waals surface area contributed by atoms with E-state index in [1.807, 2.05) is 6.92 Å². The summed E-state index contributed by atoms with van der Waals surface area (Å²) in [5.74, 6) is 0. The monoisotopic (exact) mass is 318 g/mol. The fourth-order valence-corrected chi connectivity index (χ4v) is 3.17. The summed E-state index contributed by atoms with van der Waals surface area (Å²) in [6.45, 7) is 2.00. The molecule has 9 atom stereocenters. The van der Waals surface area contributed by atoms with Crippen molar-refractivity contribution in [3.63, 3.8) is 0 Å².